The van der Waals surface area contributed by atoms with Gasteiger partial charge in [0.2, 0.25) is 5.91 Å². The second-order valence-electron chi connectivity index (χ2n) is 4.12. The number of nitrogens with zero attached hydrogens (tertiary/aromatic N) is 2. The first-order valence-corrected chi connectivity index (χ1v) is 6.83. The Hall–Kier alpha value is -1.14. The highest BCUT2D eigenvalue weighted by molar-refractivity contribution is 9.09. The van der Waals surface area contributed by atoms with Gasteiger partial charge in [-0.2, -0.15) is 0 Å². The van der Waals surface area contributed by atoms with Crippen LogP contribution in [0.5, 0.6) is 0 Å². The van der Waals surface area contributed by atoms with Crippen LogP contribution in [0.1, 0.15) is 6.42 Å². The second kappa shape index (κ2) is 5.24. The van der Waals surface area contributed by atoms with Gasteiger partial charge in [0.15, 0.2) is 0 Å². The topological polar surface area (TPSA) is 63.5 Å². The second-order valence-corrected chi connectivity index (χ2v) is 5.18. The van der Waals surface area contributed by atoms with Gasteiger partial charge >= 0.3 is 0 Å². The van der Waals surface area contributed by atoms with Crippen molar-refractivity contribution in [3.8, 4) is 0 Å². The van der Waals surface area contributed by atoms with Crippen LogP contribution < -0.4 is 4.90 Å². The average Bonchev–Trinajstić information content (AvgIpc) is 2.71. The molecule has 0 N–H and O–H groups in total. The number of rotatable bonds is 3. The van der Waals surface area contributed by atoms with E-state index in [1.54, 1.807) is 0 Å². The minimum absolute atomic E-state index is 0.0538. The molecular weight excluding hydrogens is 323 g/mol. The monoisotopic (exact) mass is 332 g/mol. The van der Waals surface area contributed by atoms with Crippen LogP contribution >= 0.6 is 27.5 Å². The van der Waals surface area contributed by atoms with E-state index in [2.05, 4.69) is 15.9 Å². The number of benzene rings is 1. The van der Waals surface area contributed by atoms with E-state index in [1.165, 1.54) is 23.1 Å². The number of amides is 1. The van der Waals surface area contributed by atoms with E-state index in [0.29, 0.717) is 23.7 Å². The van der Waals surface area contributed by atoms with Crippen molar-refractivity contribution in [2.24, 2.45) is 5.92 Å². The Kier molecular flexibility index (Phi) is 3.87. The first-order chi connectivity index (χ1) is 8.52. The molecule has 0 aliphatic carbocycles. The van der Waals surface area contributed by atoms with E-state index in [0.717, 1.165) is 5.33 Å². The number of alkyl halides is 1. The van der Waals surface area contributed by atoms with Crippen molar-refractivity contribution in [3.05, 3.63) is 33.3 Å². The molecule has 1 amide bonds. The molecule has 5 nitrogen and oxygen atoms in total. The molecule has 0 bridgehead atoms. The highest BCUT2D eigenvalue weighted by atomic mass is 79.9. The molecule has 2 rings (SSSR count). The summed E-state index contributed by atoms with van der Waals surface area (Å²) in [7, 11) is 0. The third-order valence-corrected chi connectivity index (χ3v) is 4.09. The van der Waals surface area contributed by atoms with Gasteiger partial charge < -0.3 is 4.90 Å². The first-order valence-electron chi connectivity index (χ1n) is 5.33. The lowest BCUT2D eigenvalue weighted by Gasteiger charge is -2.17. The molecule has 7 heteroatoms. The molecule has 1 aliphatic heterocycles. The fourth-order valence-corrected chi connectivity index (χ4v) is 2.59. The van der Waals surface area contributed by atoms with E-state index in [1.807, 2.05) is 0 Å². The minimum Gasteiger partial charge on any atom is -0.310 e. The van der Waals surface area contributed by atoms with E-state index in [-0.39, 0.29) is 17.5 Å². The number of nitro groups is 1. The summed E-state index contributed by atoms with van der Waals surface area (Å²) in [5.41, 5.74) is 0.351. The van der Waals surface area contributed by atoms with Gasteiger partial charge in [0.05, 0.1) is 15.6 Å². The summed E-state index contributed by atoms with van der Waals surface area (Å²) in [5.74, 6) is 0.162. The predicted molar refractivity (Wildman–Crippen MR) is 72.4 cm³/mol. The number of hydrogen-bond donors (Lipinski definition) is 0. The van der Waals surface area contributed by atoms with Crippen molar-refractivity contribution in [2.75, 3.05) is 16.8 Å². The van der Waals surface area contributed by atoms with Crippen LogP contribution in [0.25, 0.3) is 0 Å². The SMILES string of the molecule is O=C1CC(CBr)CN1c1cc([N+](=O)[O-])ccc1Cl. The number of halogens is 2. The number of anilines is 1. The van der Waals surface area contributed by atoms with Crippen molar-refractivity contribution >= 4 is 44.8 Å². The first kappa shape index (κ1) is 13.3. The number of non-ortho nitro benzene ring substituents is 1. The molecule has 0 aromatic heterocycles. The van der Waals surface area contributed by atoms with Gasteiger partial charge in [-0.1, -0.05) is 27.5 Å². The predicted octanol–water partition coefficient (Wildman–Crippen LogP) is 3.00. The molecule has 0 radical (unpaired) electrons. The van der Waals surface area contributed by atoms with Gasteiger partial charge in [-0.05, 0) is 12.0 Å². The number of nitro benzene ring substituents is 1. The van der Waals surface area contributed by atoms with Gasteiger partial charge in [0.1, 0.15) is 0 Å². The summed E-state index contributed by atoms with van der Waals surface area (Å²) >= 11 is 9.35. The van der Waals surface area contributed by atoms with Crippen LogP contribution in [-0.4, -0.2) is 22.7 Å². The quantitative estimate of drug-likeness (QED) is 0.485. The molecular formula is C11H10BrClN2O3. The molecule has 1 atom stereocenters. The Balaban J connectivity index is 2.35. The zero-order valence-electron chi connectivity index (χ0n) is 9.31. The molecule has 1 aliphatic rings. The Bertz CT molecular complexity index is 509. The zero-order valence-corrected chi connectivity index (χ0v) is 11.6. The molecule has 96 valence electrons. The van der Waals surface area contributed by atoms with Crippen LogP contribution in [0, 0.1) is 16.0 Å². The normalized spacial score (nSPS) is 19.3. The summed E-state index contributed by atoms with van der Waals surface area (Å²) in [5, 5.41) is 11.8. The van der Waals surface area contributed by atoms with Gasteiger partial charge in [-0.25, -0.2) is 0 Å². The van der Waals surface area contributed by atoms with E-state index in [9.17, 15) is 14.9 Å². The Morgan fingerprint density at radius 2 is 2.28 bits per heavy atom. The van der Waals surface area contributed by atoms with Crippen LogP contribution in [0.2, 0.25) is 5.02 Å². The maximum atomic E-state index is 11.9. The third kappa shape index (κ3) is 2.49. The van der Waals surface area contributed by atoms with Crippen molar-refractivity contribution < 1.29 is 9.72 Å². The Morgan fingerprint density at radius 3 is 2.83 bits per heavy atom. The Morgan fingerprint density at radius 1 is 1.56 bits per heavy atom. The fourth-order valence-electron chi connectivity index (χ4n) is 1.94. The molecule has 1 saturated heterocycles. The standard InChI is InChI=1S/C11H10BrClN2O3/c12-5-7-3-11(16)14(6-7)10-4-8(15(17)18)1-2-9(10)13/h1-2,4,7H,3,5-6H2. The van der Waals surface area contributed by atoms with Gasteiger partial charge in [0, 0.05) is 30.4 Å². The van der Waals surface area contributed by atoms with E-state index >= 15 is 0 Å². The van der Waals surface area contributed by atoms with Crippen LogP contribution in [-0.2, 0) is 4.79 Å². The summed E-state index contributed by atoms with van der Waals surface area (Å²) in [6.45, 7) is 0.533. The summed E-state index contributed by atoms with van der Waals surface area (Å²) in [4.78, 5) is 23.6. The zero-order chi connectivity index (χ0) is 13.3. The third-order valence-electron chi connectivity index (χ3n) is 2.85. The largest absolute Gasteiger partial charge is 0.310 e. The van der Waals surface area contributed by atoms with E-state index in [4.69, 9.17) is 11.6 Å². The summed E-state index contributed by atoms with van der Waals surface area (Å²) < 4.78 is 0. The molecule has 1 unspecified atom stereocenters. The van der Waals surface area contributed by atoms with Crippen molar-refractivity contribution in [1.29, 1.82) is 0 Å². The number of carbonyl (C=O) groups excluding carboxylic acids is 1. The van der Waals surface area contributed by atoms with E-state index < -0.39 is 4.92 Å². The molecule has 1 fully saturated rings. The molecule has 1 heterocycles. The summed E-state index contributed by atoms with van der Waals surface area (Å²) in [6.07, 6.45) is 0.435. The highest BCUT2D eigenvalue weighted by Crippen LogP contribution is 2.34. The van der Waals surface area contributed by atoms with Crippen LogP contribution in [0.15, 0.2) is 18.2 Å². The Labute approximate surface area is 117 Å². The number of carbonyl (C=O) groups is 1. The van der Waals surface area contributed by atoms with Gasteiger partial charge in [-0.3, -0.25) is 14.9 Å². The fraction of sp³-hybridized carbons (Fsp3) is 0.364. The average molecular weight is 334 g/mol. The van der Waals surface area contributed by atoms with Gasteiger partial charge in [0.25, 0.3) is 5.69 Å². The molecule has 18 heavy (non-hydrogen) atoms. The van der Waals surface area contributed by atoms with Crippen molar-refractivity contribution in [1.82, 2.24) is 0 Å². The molecule has 0 spiro atoms. The minimum atomic E-state index is -0.498. The molecule has 1 aromatic carbocycles. The lowest BCUT2D eigenvalue weighted by atomic mass is 10.2. The van der Waals surface area contributed by atoms with Crippen molar-refractivity contribution in [2.45, 2.75) is 6.42 Å². The van der Waals surface area contributed by atoms with Gasteiger partial charge in [-0.15, -0.1) is 0 Å². The highest BCUT2D eigenvalue weighted by Gasteiger charge is 2.31. The van der Waals surface area contributed by atoms with Crippen LogP contribution in [0.4, 0.5) is 11.4 Å². The molecule has 0 saturated carbocycles. The van der Waals surface area contributed by atoms with Crippen molar-refractivity contribution in [3.63, 3.8) is 0 Å². The maximum Gasteiger partial charge on any atom is 0.271 e. The smallest absolute Gasteiger partial charge is 0.271 e. The maximum absolute atomic E-state index is 11.9. The number of hydrogen-bond acceptors (Lipinski definition) is 3. The molecule has 1 aromatic rings. The lowest BCUT2D eigenvalue weighted by molar-refractivity contribution is -0.384. The lowest BCUT2D eigenvalue weighted by Crippen LogP contribution is -2.25. The van der Waals surface area contributed by atoms with Crippen LogP contribution in [0.3, 0.4) is 0 Å². The summed E-state index contributed by atoms with van der Waals surface area (Å²) in [6, 6.07) is 4.12.